The summed E-state index contributed by atoms with van der Waals surface area (Å²) < 4.78 is 20.3. The molecule has 0 aliphatic carbocycles. The van der Waals surface area contributed by atoms with Crippen LogP contribution in [0.3, 0.4) is 0 Å². The first-order chi connectivity index (χ1) is 13.7. The molecule has 2 saturated heterocycles. The minimum absolute atomic E-state index is 0.645. The Balaban J connectivity index is 0. The van der Waals surface area contributed by atoms with E-state index in [2.05, 4.69) is 29.2 Å². The van der Waals surface area contributed by atoms with E-state index in [1.807, 2.05) is 20.9 Å². The topological polar surface area (TPSA) is 55.4 Å². The van der Waals surface area contributed by atoms with E-state index in [0.29, 0.717) is 26.4 Å². The molecule has 172 valence electrons. The lowest BCUT2D eigenvalue weighted by Crippen LogP contribution is -2.32. The number of ether oxygens (including phenoxy) is 4. The summed E-state index contributed by atoms with van der Waals surface area (Å²) in [6.45, 7) is 14.9. The van der Waals surface area contributed by atoms with Crippen LogP contribution in [0.15, 0.2) is 0 Å². The van der Waals surface area contributed by atoms with Gasteiger partial charge < -0.3 is 34.1 Å². The van der Waals surface area contributed by atoms with Gasteiger partial charge >= 0.3 is 0 Å². The lowest BCUT2D eigenvalue weighted by Gasteiger charge is -2.21. The SMILES string of the molecule is CC.CN1CCCCC1.CN1CCOCC1.CNCCOCCOCCOC. The maximum Gasteiger partial charge on any atom is 0.0701 e. The zero-order valence-electron chi connectivity index (χ0n) is 19.6. The Morgan fingerprint density at radius 3 is 1.64 bits per heavy atom. The Labute approximate surface area is 175 Å². The van der Waals surface area contributed by atoms with Gasteiger partial charge in [0.2, 0.25) is 0 Å². The van der Waals surface area contributed by atoms with E-state index >= 15 is 0 Å². The van der Waals surface area contributed by atoms with Gasteiger partial charge in [-0.25, -0.2) is 0 Å². The van der Waals surface area contributed by atoms with Crippen LogP contribution in [0.2, 0.25) is 0 Å². The summed E-state index contributed by atoms with van der Waals surface area (Å²) in [4.78, 5) is 4.66. The first-order valence-corrected chi connectivity index (χ1v) is 10.9. The van der Waals surface area contributed by atoms with Crippen molar-refractivity contribution in [2.45, 2.75) is 33.1 Å². The van der Waals surface area contributed by atoms with Crippen molar-refractivity contribution < 1.29 is 18.9 Å². The molecule has 0 aromatic rings. The molecule has 0 saturated carbocycles. The smallest absolute Gasteiger partial charge is 0.0701 e. The van der Waals surface area contributed by atoms with E-state index in [9.17, 15) is 0 Å². The molecule has 2 fully saturated rings. The minimum atomic E-state index is 0.645. The summed E-state index contributed by atoms with van der Waals surface area (Å²) in [5, 5.41) is 2.99. The molecule has 0 spiro atoms. The van der Waals surface area contributed by atoms with Crippen molar-refractivity contribution in [3.63, 3.8) is 0 Å². The third-order valence-electron chi connectivity index (χ3n) is 4.11. The molecular formula is C21H49N3O4. The van der Waals surface area contributed by atoms with Crippen molar-refractivity contribution >= 4 is 0 Å². The number of morpholine rings is 1. The molecule has 0 amide bonds. The molecule has 0 radical (unpaired) electrons. The van der Waals surface area contributed by atoms with Crippen molar-refractivity contribution in [1.82, 2.24) is 15.1 Å². The Morgan fingerprint density at radius 1 is 0.750 bits per heavy atom. The van der Waals surface area contributed by atoms with Crippen LogP contribution in [0, 0.1) is 0 Å². The van der Waals surface area contributed by atoms with Crippen LogP contribution in [-0.4, -0.2) is 117 Å². The Hall–Kier alpha value is -0.280. The largest absolute Gasteiger partial charge is 0.382 e. The molecule has 1 N–H and O–H groups in total. The fraction of sp³-hybridized carbons (Fsp3) is 1.00. The van der Waals surface area contributed by atoms with Gasteiger partial charge in [0.25, 0.3) is 0 Å². The summed E-state index contributed by atoms with van der Waals surface area (Å²) in [6, 6.07) is 0. The van der Waals surface area contributed by atoms with E-state index in [1.54, 1.807) is 7.11 Å². The van der Waals surface area contributed by atoms with Crippen molar-refractivity contribution in [3.8, 4) is 0 Å². The van der Waals surface area contributed by atoms with Gasteiger partial charge in [-0.2, -0.15) is 0 Å². The standard InChI is InChI=1S/C8H19NO3.C6H13N.C5H11NO.C2H6/c1-9-3-4-11-7-8-12-6-5-10-2;1-7-5-3-2-4-6-7;1-6-2-4-7-5-3-6;1-2/h9H,3-8H2,1-2H3;2-6H2,1H3;2-5H2,1H3;1-2H3. The van der Waals surface area contributed by atoms with Gasteiger partial charge in [-0.1, -0.05) is 20.3 Å². The number of rotatable bonds is 9. The zero-order chi connectivity index (χ0) is 21.3. The number of hydrogen-bond donors (Lipinski definition) is 1. The molecular weight excluding hydrogens is 358 g/mol. The minimum Gasteiger partial charge on any atom is -0.382 e. The lowest BCUT2D eigenvalue weighted by molar-refractivity contribution is 0.0258. The van der Waals surface area contributed by atoms with E-state index in [1.165, 1.54) is 32.4 Å². The third kappa shape index (κ3) is 25.7. The molecule has 0 aromatic heterocycles. The highest BCUT2D eigenvalue weighted by Gasteiger charge is 2.03. The van der Waals surface area contributed by atoms with Crippen molar-refractivity contribution in [2.75, 3.05) is 107 Å². The quantitative estimate of drug-likeness (QED) is 0.586. The molecule has 7 nitrogen and oxygen atoms in total. The van der Waals surface area contributed by atoms with Crippen LogP contribution >= 0.6 is 0 Å². The molecule has 0 bridgehead atoms. The van der Waals surface area contributed by atoms with Crippen molar-refractivity contribution in [1.29, 1.82) is 0 Å². The monoisotopic (exact) mass is 407 g/mol. The van der Waals surface area contributed by atoms with Gasteiger partial charge in [-0.05, 0) is 47.1 Å². The molecule has 2 aliphatic heterocycles. The Bertz CT molecular complexity index is 236. The fourth-order valence-electron chi connectivity index (χ4n) is 2.35. The Kier molecular flexibility index (Phi) is 28.5. The number of methoxy groups -OCH3 is 1. The first-order valence-electron chi connectivity index (χ1n) is 10.9. The molecule has 7 heteroatoms. The van der Waals surface area contributed by atoms with Gasteiger partial charge in [0.15, 0.2) is 0 Å². The number of nitrogens with zero attached hydrogens (tertiary/aromatic N) is 2. The van der Waals surface area contributed by atoms with Crippen LogP contribution in [0.25, 0.3) is 0 Å². The highest BCUT2D eigenvalue weighted by atomic mass is 16.5. The van der Waals surface area contributed by atoms with E-state index in [-0.39, 0.29) is 0 Å². The third-order valence-corrected chi connectivity index (χ3v) is 4.11. The predicted molar refractivity (Wildman–Crippen MR) is 118 cm³/mol. The number of hydrogen-bond acceptors (Lipinski definition) is 7. The van der Waals surface area contributed by atoms with Crippen LogP contribution < -0.4 is 5.32 Å². The molecule has 28 heavy (non-hydrogen) atoms. The van der Waals surface area contributed by atoms with Gasteiger partial charge in [-0.15, -0.1) is 0 Å². The maximum absolute atomic E-state index is 5.23. The molecule has 0 unspecified atom stereocenters. The number of likely N-dealkylation sites (tertiary alicyclic amines) is 1. The van der Waals surface area contributed by atoms with Crippen LogP contribution in [0.5, 0.6) is 0 Å². The highest BCUT2D eigenvalue weighted by Crippen LogP contribution is 2.04. The van der Waals surface area contributed by atoms with E-state index in [4.69, 9.17) is 18.9 Å². The summed E-state index contributed by atoms with van der Waals surface area (Å²) >= 11 is 0. The molecule has 2 aliphatic rings. The van der Waals surface area contributed by atoms with E-state index < -0.39 is 0 Å². The van der Waals surface area contributed by atoms with Crippen molar-refractivity contribution in [3.05, 3.63) is 0 Å². The van der Waals surface area contributed by atoms with Crippen LogP contribution in [0.4, 0.5) is 0 Å². The van der Waals surface area contributed by atoms with Gasteiger partial charge in [0, 0.05) is 26.7 Å². The summed E-state index contributed by atoms with van der Waals surface area (Å²) in [5.41, 5.74) is 0. The fourth-order valence-corrected chi connectivity index (χ4v) is 2.35. The second-order valence-electron chi connectivity index (χ2n) is 6.60. The number of likely N-dealkylation sites (N-methyl/N-ethyl adjacent to an activating group) is 2. The molecule has 0 aromatic carbocycles. The average Bonchev–Trinajstić information content (AvgIpc) is 2.74. The number of piperidine rings is 1. The summed E-state index contributed by atoms with van der Waals surface area (Å²) in [7, 11) is 7.87. The van der Waals surface area contributed by atoms with Gasteiger partial charge in [0.05, 0.1) is 46.2 Å². The van der Waals surface area contributed by atoms with Crippen LogP contribution in [-0.2, 0) is 18.9 Å². The molecule has 0 atom stereocenters. The summed E-state index contributed by atoms with van der Waals surface area (Å²) in [6.07, 6.45) is 4.28. The second kappa shape index (κ2) is 26.7. The lowest BCUT2D eigenvalue weighted by atomic mass is 10.1. The molecule has 2 heterocycles. The number of nitrogens with one attached hydrogen (secondary N) is 1. The average molecular weight is 408 g/mol. The van der Waals surface area contributed by atoms with Gasteiger partial charge in [-0.3, -0.25) is 0 Å². The predicted octanol–water partition coefficient (Wildman–Crippen LogP) is 1.96. The Morgan fingerprint density at radius 2 is 1.25 bits per heavy atom. The van der Waals surface area contributed by atoms with E-state index in [0.717, 1.165) is 39.5 Å². The highest BCUT2D eigenvalue weighted by molar-refractivity contribution is 4.58. The first kappa shape index (κ1) is 29.9. The van der Waals surface area contributed by atoms with Crippen molar-refractivity contribution in [2.24, 2.45) is 0 Å². The van der Waals surface area contributed by atoms with Crippen LogP contribution in [0.1, 0.15) is 33.1 Å². The normalized spacial score (nSPS) is 17.4. The second-order valence-corrected chi connectivity index (χ2v) is 6.60. The zero-order valence-corrected chi connectivity index (χ0v) is 19.6. The maximum atomic E-state index is 5.23. The molecule has 2 rings (SSSR count). The summed E-state index contributed by atoms with van der Waals surface area (Å²) in [5.74, 6) is 0. The van der Waals surface area contributed by atoms with Gasteiger partial charge in [0.1, 0.15) is 0 Å².